The molecule has 18 heavy (non-hydrogen) atoms. The summed E-state index contributed by atoms with van der Waals surface area (Å²) in [6.07, 6.45) is 0. The molecule has 1 rings (SSSR count). The number of carboxylic acids is 1. The van der Waals surface area contributed by atoms with Gasteiger partial charge in [0.25, 0.3) is 5.78 Å². The molecule has 0 spiro atoms. The van der Waals surface area contributed by atoms with E-state index in [-0.39, 0.29) is 6.61 Å². The minimum atomic E-state index is -1.55. The molecule has 0 bridgehead atoms. The van der Waals surface area contributed by atoms with Gasteiger partial charge in [-0.3, -0.25) is 4.79 Å². The largest absolute Gasteiger partial charge is 0.478 e. The molecule has 1 N–H and O–H groups in total. The van der Waals surface area contributed by atoms with Crippen molar-refractivity contribution in [3.8, 4) is 0 Å². The van der Waals surface area contributed by atoms with Gasteiger partial charge in [0.05, 0.1) is 12.2 Å². The average molecular weight is 258 g/mol. The van der Waals surface area contributed by atoms with E-state index in [0.717, 1.165) is 0 Å². The van der Waals surface area contributed by atoms with Gasteiger partial charge in [0.15, 0.2) is 0 Å². The van der Waals surface area contributed by atoms with Crippen molar-refractivity contribution in [2.24, 2.45) is 0 Å². The lowest BCUT2D eigenvalue weighted by atomic mass is 10.1. The van der Waals surface area contributed by atoms with E-state index in [1.807, 2.05) is 0 Å². The molecule has 0 amide bonds. The third-order valence-electron chi connectivity index (χ3n) is 1.98. The monoisotopic (exact) mass is 258 g/mol. The summed E-state index contributed by atoms with van der Waals surface area (Å²) >= 11 is 0. The highest BCUT2D eigenvalue weighted by molar-refractivity contribution is 6.40. The lowest BCUT2D eigenvalue weighted by Crippen LogP contribution is -2.20. The van der Waals surface area contributed by atoms with Crippen molar-refractivity contribution in [3.63, 3.8) is 0 Å². The molecular formula is C11H8F2O5. The van der Waals surface area contributed by atoms with E-state index in [4.69, 9.17) is 5.11 Å². The molecule has 1 aromatic carbocycles. The van der Waals surface area contributed by atoms with Gasteiger partial charge in [-0.1, -0.05) is 0 Å². The second-order valence-corrected chi connectivity index (χ2v) is 3.17. The van der Waals surface area contributed by atoms with Gasteiger partial charge in [0.1, 0.15) is 17.2 Å². The van der Waals surface area contributed by atoms with Gasteiger partial charge in [0, 0.05) is 0 Å². The van der Waals surface area contributed by atoms with Crippen molar-refractivity contribution in [1.82, 2.24) is 0 Å². The summed E-state index contributed by atoms with van der Waals surface area (Å²) < 4.78 is 31.1. The third kappa shape index (κ3) is 2.68. The van der Waals surface area contributed by atoms with Crippen molar-refractivity contribution in [2.45, 2.75) is 6.92 Å². The first-order chi connectivity index (χ1) is 8.38. The number of carboxylic acid groups (broad SMARTS) is 1. The molecule has 96 valence electrons. The Labute approximate surface area is 100.0 Å². The van der Waals surface area contributed by atoms with Crippen LogP contribution < -0.4 is 0 Å². The Morgan fingerprint density at radius 2 is 1.72 bits per heavy atom. The summed E-state index contributed by atoms with van der Waals surface area (Å²) in [6.45, 7) is 1.30. The van der Waals surface area contributed by atoms with E-state index in [1.54, 1.807) is 0 Å². The Morgan fingerprint density at radius 1 is 1.22 bits per heavy atom. The third-order valence-corrected chi connectivity index (χ3v) is 1.98. The van der Waals surface area contributed by atoms with Crippen molar-refractivity contribution >= 4 is 17.7 Å². The Morgan fingerprint density at radius 3 is 2.11 bits per heavy atom. The molecule has 7 heteroatoms. The highest BCUT2D eigenvalue weighted by Crippen LogP contribution is 2.17. The minimum absolute atomic E-state index is 0.124. The van der Waals surface area contributed by atoms with E-state index >= 15 is 0 Å². The normalized spacial score (nSPS) is 9.94. The number of Topliss-reactive ketones (excluding diaryl/α,β-unsaturated/α-hetero) is 1. The average Bonchev–Trinajstić information content (AvgIpc) is 2.27. The van der Waals surface area contributed by atoms with Gasteiger partial charge in [-0.2, -0.15) is 0 Å². The van der Waals surface area contributed by atoms with Crippen LogP contribution in [-0.4, -0.2) is 29.4 Å². The van der Waals surface area contributed by atoms with E-state index in [0.29, 0.717) is 12.1 Å². The molecule has 0 heterocycles. The molecular weight excluding hydrogens is 250 g/mol. The standard InChI is InChI=1S/C11H8F2O5/c1-2-18-11(17)9(14)8-6(12)3-5(10(15)16)4-7(8)13/h3-4H,2H2,1H3,(H,15,16). The maximum Gasteiger partial charge on any atom is 0.379 e. The van der Waals surface area contributed by atoms with Crippen molar-refractivity contribution in [1.29, 1.82) is 0 Å². The predicted octanol–water partition coefficient (Wildman–Crippen LogP) is 1.41. The van der Waals surface area contributed by atoms with Gasteiger partial charge in [0.2, 0.25) is 0 Å². The lowest BCUT2D eigenvalue weighted by molar-refractivity contribution is -0.137. The van der Waals surface area contributed by atoms with Gasteiger partial charge in [-0.15, -0.1) is 0 Å². The Hall–Kier alpha value is -2.31. The molecule has 0 aliphatic heterocycles. The minimum Gasteiger partial charge on any atom is -0.478 e. The SMILES string of the molecule is CCOC(=O)C(=O)c1c(F)cc(C(=O)O)cc1F. The number of esters is 1. The summed E-state index contributed by atoms with van der Waals surface area (Å²) in [5.41, 5.74) is -1.79. The Bertz CT molecular complexity index is 501. The second kappa shape index (κ2) is 5.35. The number of aromatic carboxylic acids is 1. The fourth-order valence-electron chi connectivity index (χ4n) is 1.21. The molecule has 0 aliphatic rings. The number of hydrogen-bond acceptors (Lipinski definition) is 4. The first kappa shape index (κ1) is 13.8. The van der Waals surface area contributed by atoms with Crippen LogP contribution in [0, 0.1) is 11.6 Å². The zero-order chi connectivity index (χ0) is 13.9. The molecule has 0 fully saturated rings. The molecule has 0 saturated carbocycles. The van der Waals surface area contributed by atoms with E-state index in [1.165, 1.54) is 6.92 Å². The molecule has 0 aromatic heterocycles. The lowest BCUT2D eigenvalue weighted by Gasteiger charge is -2.05. The molecule has 1 aromatic rings. The maximum absolute atomic E-state index is 13.4. The molecule has 0 aliphatic carbocycles. The number of ether oxygens (including phenoxy) is 1. The van der Waals surface area contributed by atoms with Crippen LogP contribution >= 0.6 is 0 Å². The predicted molar refractivity (Wildman–Crippen MR) is 54.3 cm³/mol. The van der Waals surface area contributed by atoms with Gasteiger partial charge >= 0.3 is 11.9 Å². The number of carbonyl (C=O) groups excluding carboxylic acids is 2. The summed E-state index contributed by atoms with van der Waals surface area (Å²) in [5.74, 6) is -7.30. The maximum atomic E-state index is 13.4. The number of benzene rings is 1. The van der Waals surface area contributed by atoms with Crippen molar-refractivity contribution < 1.29 is 33.0 Å². The van der Waals surface area contributed by atoms with E-state index < -0.39 is 40.5 Å². The van der Waals surface area contributed by atoms with Crippen LogP contribution in [0.4, 0.5) is 8.78 Å². The highest BCUT2D eigenvalue weighted by atomic mass is 19.1. The highest BCUT2D eigenvalue weighted by Gasteiger charge is 2.26. The van der Waals surface area contributed by atoms with Crippen LogP contribution in [0.15, 0.2) is 12.1 Å². The van der Waals surface area contributed by atoms with Crippen LogP contribution in [0.3, 0.4) is 0 Å². The fraction of sp³-hybridized carbons (Fsp3) is 0.182. The number of halogens is 2. The second-order valence-electron chi connectivity index (χ2n) is 3.17. The van der Waals surface area contributed by atoms with Crippen molar-refractivity contribution in [2.75, 3.05) is 6.61 Å². The van der Waals surface area contributed by atoms with Crippen LogP contribution in [0.1, 0.15) is 27.6 Å². The first-order valence-electron chi connectivity index (χ1n) is 4.82. The Kier molecular flexibility index (Phi) is 4.09. The Balaban J connectivity index is 3.22. The van der Waals surface area contributed by atoms with E-state index in [9.17, 15) is 23.2 Å². The molecule has 0 saturated heterocycles. The first-order valence-corrected chi connectivity index (χ1v) is 4.82. The van der Waals surface area contributed by atoms with E-state index in [2.05, 4.69) is 4.74 Å². The quantitative estimate of drug-likeness (QED) is 0.501. The number of hydrogen-bond donors (Lipinski definition) is 1. The molecule has 0 radical (unpaired) electrons. The summed E-state index contributed by atoms with van der Waals surface area (Å²) in [4.78, 5) is 32.9. The molecule has 0 atom stereocenters. The smallest absolute Gasteiger partial charge is 0.379 e. The summed E-state index contributed by atoms with van der Waals surface area (Å²) in [7, 11) is 0. The topological polar surface area (TPSA) is 80.7 Å². The zero-order valence-corrected chi connectivity index (χ0v) is 9.20. The van der Waals surface area contributed by atoms with Crippen LogP contribution in [0.25, 0.3) is 0 Å². The number of ketones is 1. The molecule has 0 unspecified atom stereocenters. The zero-order valence-electron chi connectivity index (χ0n) is 9.20. The van der Waals surface area contributed by atoms with Crippen LogP contribution in [0.2, 0.25) is 0 Å². The summed E-state index contributed by atoms with van der Waals surface area (Å²) in [6, 6.07) is 0.912. The fourth-order valence-corrected chi connectivity index (χ4v) is 1.21. The van der Waals surface area contributed by atoms with Crippen molar-refractivity contribution in [3.05, 3.63) is 34.9 Å². The number of rotatable bonds is 4. The van der Waals surface area contributed by atoms with Crippen LogP contribution in [0.5, 0.6) is 0 Å². The van der Waals surface area contributed by atoms with Gasteiger partial charge in [-0.05, 0) is 19.1 Å². The van der Waals surface area contributed by atoms with Crippen LogP contribution in [-0.2, 0) is 9.53 Å². The van der Waals surface area contributed by atoms with Gasteiger partial charge < -0.3 is 9.84 Å². The van der Waals surface area contributed by atoms with Gasteiger partial charge in [-0.25, -0.2) is 18.4 Å². The number of carbonyl (C=O) groups is 3. The summed E-state index contributed by atoms with van der Waals surface area (Å²) in [5, 5.41) is 8.55. The molecule has 5 nitrogen and oxygen atoms in total.